The van der Waals surface area contributed by atoms with Crippen molar-refractivity contribution in [2.45, 2.75) is 38.1 Å². The number of aliphatic hydroxyl groups is 1. The van der Waals surface area contributed by atoms with Gasteiger partial charge in [0.15, 0.2) is 0 Å². The molecule has 0 aliphatic rings. The van der Waals surface area contributed by atoms with Gasteiger partial charge in [0.2, 0.25) is 0 Å². The van der Waals surface area contributed by atoms with Gasteiger partial charge in [-0.3, -0.25) is 0 Å². The number of carbonyl (C=O) groups is 1. The van der Waals surface area contributed by atoms with Crippen LogP contribution in [0.1, 0.15) is 16.7 Å². The molecule has 0 aliphatic heterocycles. The maximum Gasteiger partial charge on any atom is 0.330 e. The Hall–Kier alpha value is -3.29. The van der Waals surface area contributed by atoms with E-state index in [2.05, 4.69) is 0 Å². The first kappa shape index (κ1) is 26.3. The Morgan fingerprint density at radius 1 is 0.743 bits per heavy atom. The van der Waals surface area contributed by atoms with Crippen molar-refractivity contribution in [2.24, 2.45) is 0 Å². The highest BCUT2D eigenvalue weighted by Crippen LogP contribution is 2.19. The van der Waals surface area contributed by atoms with Crippen molar-refractivity contribution >= 4 is 5.97 Å². The molecule has 3 atom stereocenters. The Labute approximate surface area is 206 Å². The minimum absolute atomic E-state index is 0.286. The van der Waals surface area contributed by atoms with Gasteiger partial charge in [-0.05, 0) is 22.8 Å². The quantitative estimate of drug-likeness (QED) is 0.274. The number of hydrogen-bond donors (Lipinski definition) is 1. The third kappa shape index (κ3) is 9.11. The van der Waals surface area contributed by atoms with Crippen molar-refractivity contribution in [1.82, 2.24) is 0 Å². The molecule has 0 bridgehead atoms. The number of hydrogen-bond acceptors (Lipinski definition) is 6. The van der Waals surface area contributed by atoms with Crippen molar-refractivity contribution in [3.05, 3.63) is 120 Å². The summed E-state index contributed by atoms with van der Waals surface area (Å²) in [6, 6.07) is 29.1. The van der Waals surface area contributed by atoms with Gasteiger partial charge in [0.05, 0.1) is 33.5 Å². The van der Waals surface area contributed by atoms with Crippen molar-refractivity contribution < 1.29 is 28.8 Å². The predicted octanol–water partition coefficient (Wildman–Crippen LogP) is 4.46. The molecule has 0 unspecified atom stereocenters. The molecule has 35 heavy (non-hydrogen) atoms. The SMILES string of the molecule is COC(=O)C=C[C@H](OCc1ccccc1)[C@@H](OCc1ccccc1)[C@@H](CO)OCc1ccccc1. The molecule has 3 aromatic carbocycles. The number of rotatable bonds is 14. The lowest BCUT2D eigenvalue weighted by Crippen LogP contribution is -2.44. The molecule has 0 spiro atoms. The molecule has 0 aliphatic carbocycles. The lowest BCUT2D eigenvalue weighted by Gasteiger charge is -2.31. The molecular weight excluding hydrogens is 444 g/mol. The third-order valence-corrected chi connectivity index (χ3v) is 5.37. The summed E-state index contributed by atoms with van der Waals surface area (Å²) in [7, 11) is 1.31. The monoisotopic (exact) mass is 476 g/mol. The largest absolute Gasteiger partial charge is 0.466 e. The van der Waals surface area contributed by atoms with E-state index in [9.17, 15) is 9.90 Å². The van der Waals surface area contributed by atoms with Crippen LogP contribution in [0.15, 0.2) is 103 Å². The zero-order valence-electron chi connectivity index (χ0n) is 19.9. The van der Waals surface area contributed by atoms with E-state index in [1.165, 1.54) is 13.2 Å². The molecule has 0 radical (unpaired) electrons. The molecule has 6 nitrogen and oxygen atoms in total. The van der Waals surface area contributed by atoms with E-state index in [4.69, 9.17) is 18.9 Å². The van der Waals surface area contributed by atoms with Crippen LogP contribution in [-0.2, 0) is 43.6 Å². The molecule has 0 aromatic heterocycles. The summed E-state index contributed by atoms with van der Waals surface area (Å²) in [5, 5.41) is 10.3. The highest BCUT2D eigenvalue weighted by molar-refractivity contribution is 5.81. The molecule has 0 fully saturated rings. The molecule has 0 amide bonds. The summed E-state index contributed by atoms with van der Waals surface area (Å²) in [4.78, 5) is 11.9. The topological polar surface area (TPSA) is 74.2 Å². The van der Waals surface area contributed by atoms with Crippen LogP contribution in [0.25, 0.3) is 0 Å². The molecule has 0 saturated carbocycles. The highest BCUT2D eigenvalue weighted by atomic mass is 16.6. The van der Waals surface area contributed by atoms with Crippen molar-refractivity contribution in [3.8, 4) is 0 Å². The minimum atomic E-state index is -0.706. The summed E-state index contributed by atoms with van der Waals surface area (Å²) in [6.07, 6.45) is 0.806. The lowest BCUT2D eigenvalue weighted by molar-refractivity contribution is -0.150. The average Bonchev–Trinajstić information content (AvgIpc) is 2.92. The van der Waals surface area contributed by atoms with E-state index >= 15 is 0 Å². The van der Waals surface area contributed by atoms with Crippen LogP contribution < -0.4 is 0 Å². The fraction of sp³-hybridized carbons (Fsp3) is 0.276. The van der Waals surface area contributed by atoms with Gasteiger partial charge in [-0.1, -0.05) is 91.0 Å². The van der Waals surface area contributed by atoms with Gasteiger partial charge >= 0.3 is 5.97 Å². The van der Waals surface area contributed by atoms with Crippen LogP contribution >= 0.6 is 0 Å². The second-order valence-corrected chi connectivity index (χ2v) is 7.92. The van der Waals surface area contributed by atoms with E-state index in [-0.39, 0.29) is 13.2 Å². The van der Waals surface area contributed by atoms with Crippen molar-refractivity contribution in [2.75, 3.05) is 13.7 Å². The average molecular weight is 477 g/mol. The smallest absolute Gasteiger partial charge is 0.330 e. The standard InChI is InChI=1S/C29H32O6/c1-32-28(31)18-17-26(33-20-23-11-5-2-6-12-23)29(35-22-25-15-9-4-10-16-25)27(19-30)34-21-24-13-7-3-8-14-24/h2-18,26-27,29-30H,19-22H2,1H3/t26-,27+,29+/m0/s1. The molecule has 3 rings (SSSR count). The maximum absolute atomic E-state index is 11.9. The highest BCUT2D eigenvalue weighted by Gasteiger charge is 2.31. The molecule has 0 heterocycles. The van der Waals surface area contributed by atoms with E-state index < -0.39 is 24.3 Å². The van der Waals surface area contributed by atoms with Gasteiger partial charge in [0, 0.05) is 6.08 Å². The van der Waals surface area contributed by atoms with Gasteiger partial charge in [0.25, 0.3) is 0 Å². The van der Waals surface area contributed by atoms with E-state index in [0.717, 1.165) is 16.7 Å². The molecule has 3 aromatic rings. The van der Waals surface area contributed by atoms with Crippen LogP contribution in [0.5, 0.6) is 0 Å². The van der Waals surface area contributed by atoms with Gasteiger partial charge < -0.3 is 24.1 Å². The number of esters is 1. The number of benzene rings is 3. The Bertz CT molecular complexity index is 1010. The van der Waals surface area contributed by atoms with Crippen LogP contribution in [-0.4, -0.2) is 43.1 Å². The number of carbonyl (C=O) groups excluding carboxylic acids is 1. The van der Waals surface area contributed by atoms with E-state index in [1.807, 2.05) is 91.0 Å². The molecular formula is C29H32O6. The first-order chi connectivity index (χ1) is 17.2. The summed E-state index contributed by atoms with van der Waals surface area (Å²) >= 11 is 0. The zero-order chi connectivity index (χ0) is 24.7. The molecule has 0 saturated heterocycles. The molecule has 184 valence electrons. The van der Waals surface area contributed by atoms with E-state index in [0.29, 0.717) is 13.2 Å². The first-order valence-electron chi connectivity index (χ1n) is 11.5. The van der Waals surface area contributed by atoms with Crippen LogP contribution in [0, 0.1) is 0 Å². The van der Waals surface area contributed by atoms with Crippen molar-refractivity contribution in [3.63, 3.8) is 0 Å². The Balaban J connectivity index is 1.82. The zero-order valence-corrected chi connectivity index (χ0v) is 19.9. The Kier molecular flexibility index (Phi) is 11.2. The summed E-state index contributed by atoms with van der Waals surface area (Å²) < 4.78 is 23.3. The second-order valence-electron chi connectivity index (χ2n) is 7.92. The molecule has 1 N–H and O–H groups in total. The Morgan fingerprint density at radius 3 is 1.66 bits per heavy atom. The summed E-state index contributed by atoms with van der Waals surface area (Å²) in [5.74, 6) is -0.508. The van der Waals surface area contributed by atoms with Crippen LogP contribution in [0.2, 0.25) is 0 Å². The van der Waals surface area contributed by atoms with Crippen LogP contribution in [0.4, 0.5) is 0 Å². The van der Waals surface area contributed by atoms with Crippen molar-refractivity contribution in [1.29, 1.82) is 0 Å². The normalized spacial score (nSPS) is 13.9. The summed E-state index contributed by atoms with van der Waals surface area (Å²) in [5.41, 5.74) is 2.91. The third-order valence-electron chi connectivity index (χ3n) is 5.37. The van der Waals surface area contributed by atoms with Gasteiger partial charge in [-0.25, -0.2) is 4.79 Å². The van der Waals surface area contributed by atoms with Gasteiger partial charge in [-0.15, -0.1) is 0 Å². The first-order valence-corrected chi connectivity index (χ1v) is 11.5. The number of aliphatic hydroxyl groups excluding tert-OH is 1. The fourth-order valence-corrected chi connectivity index (χ4v) is 3.48. The minimum Gasteiger partial charge on any atom is -0.466 e. The number of ether oxygens (including phenoxy) is 4. The lowest BCUT2D eigenvalue weighted by atomic mass is 10.1. The predicted molar refractivity (Wildman–Crippen MR) is 133 cm³/mol. The number of methoxy groups -OCH3 is 1. The summed E-state index contributed by atoms with van der Waals surface area (Å²) in [6.45, 7) is 0.583. The fourth-order valence-electron chi connectivity index (χ4n) is 3.48. The maximum atomic E-state index is 11.9. The Morgan fingerprint density at radius 2 is 1.20 bits per heavy atom. The second kappa shape index (κ2) is 14.9. The van der Waals surface area contributed by atoms with Gasteiger partial charge in [0.1, 0.15) is 18.3 Å². The van der Waals surface area contributed by atoms with E-state index in [1.54, 1.807) is 6.08 Å². The molecule has 6 heteroatoms. The van der Waals surface area contributed by atoms with Crippen LogP contribution in [0.3, 0.4) is 0 Å². The van der Waals surface area contributed by atoms with Gasteiger partial charge in [-0.2, -0.15) is 0 Å².